The minimum atomic E-state index is -0.756. The van der Waals surface area contributed by atoms with Crippen molar-refractivity contribution in [2.75, 3.05) is 13.2 Å². The lowest BCUT2D eigenvalue weighted by molar-refractivity contribution is -0.167. The first-order valence-corrected chi connectivity index (χ1v) is 21.4. The van der Waals surface area contributed by atoms with E-state index in [4.69, 9.17) is 14.2 Å². The number of unbranched alkanes of at least 4 members (excludes halogenated alkanes) is 25. The van der Waals surface area contributed by atoms with Gasteiger partial charge in [0.15, 0.2) is 6.10 Å². The van der Waals surface area contributed by atoms with Gasteiger partial charge in [0.2, 0.25) is 0 Å². The van der Waals surface area contributed by atoms with E-state index < -0.39 is 6.10 Å². The summed E-state index contributed by atoms with van der Waals surface area (Å²) in [6, 6.07) is 0. The van der Waals surface area contributed by atoms with Gasteiger partial charge in [-0.05, 0) is 25.2 Å². The van der Waals surface area contributed by atoms with Crippen molar-refractivity contribution in [1.82, 2.24) is 0 Å². The third-order valence-electron chi connectivity index (χ3n) is 9.54. The third-order valence-corrected chi connectivity index (χ3v) is 9.54. The Labute approximate surface area is 304 Å². The number of rotatable bonds is 38. The second-order valence-corrected chi connectivity index (χ2v) is 15.1. The normalized spacial score (nSPS) is 11.9. The number of hydrogen-bond donors (Lipinski definition) is 0. The molecule has 0 aromatic heterocycles. The van der Waals surface area contributed by atoms with E-state index in [2.05, 4.69) is 27.7 Å². The molecule has 0 amide bonds. The summed E-state index contributed by atoms with van der Waals surface area (Å²) in [5.41, 5.74) is 0. The Morgan fingerprint density at radius 2 is 0.673 bits per heavy atom. The van der Waals surface area contributed by atoms with E-state index in [-0.39, 0.29) is 31.1 Å². The molecule has 290 valence electrons. The van der Waals surface area contributed by atoms with Crippen molar-refractivity contribution in [3.05, 3.63) is 0 Å². The fraction of sp³-hybridized carbons (Fsp3) is 0.930. The molecule has 49 heavy (non-hydrogen) atoms. The zero-order valence-corrected chi connectivity index (χ0v) is 33.1. The van der Waals surface area contributed by atoms with Crippen LogP contribution in [0.3, 0.4) is 0 Å². The van der Waals surface area contributed by atoms with E-state index in [0.29, 0.717) is 19.3 Å². The number of esters is 3. The van der Waals surface area contributed by atoms with Crippen LogP contribution in [0.25, 0.3) is 0 Å². The molecule has 0 aliphatic carbocycles. The maximum Gasteiger partial charge on any atom is 0.306 e. The summed E-state index contributed by atoms with van der Waals surface area (Å²) in [7, 11) is 0. The molecule has 0 N–H and O–H groups in total. The Bertz CT molecular complexity index is 736. The lowest BCUT2D eigenvalue weighted by atomic mass is 10.0. The minimum Gasteiger partial charge on any atom is -0.462 e. The minimum absolute atomic E-state index is 0.0656. The van der Waals surface area contributed by atoms with E-state index in [1.807, 2.05) is 0 Å². The van der Waals surface area contributed by atoms with Crippen molar-refractivity contribution in [1.29, 1.82) is 0 Å². The highest BCUT2D eigenvalue weighted by Gasteiger charge is 2.19. The number of hydrogen-bond acceptors (Lipinski definition) is 6. The largest absolute Gasteiger partial charge is 0.462 e. The van der Waals surface area contributed by atoms with Crippen LogP contribution in [0.15, 0.2) is 0 Å². The molecule has 0 fully saturated rings. The SMILES string of the molecule is CCCCCCCCCCCCC(=O)OC[C@H](COC(=O)CCCCCCCCCCCCCCCC(C)C)OC(=O)CCCCCCC. The first-order valence-electron chi connectivity index (χ1n) is 21.4. The molecule has 0 rings (SSSR count). The van der Waals surface area contributed by atoms with Crippen LogP contribution in [0.2, 0.25) is 0 Å². The van der Waals surface area contributed by atoms with Crippen molar-refractivity contribution in [2.24, 2.45) is 5.92 Å². The van der Waals surface area contributed by atoms with E-state index in [9.17, 15) is 14.4 Å². The van der Waals surface area contributed by atoms with Crippen LogP contribution >= 0.6 is 0 Å². The van der Waals surface area contributed by atoms with Gasteiger partial charge in [0.25, 0.3) is 0 Å². The second-order valence-electron chi connectivity index (χ2n) is 15.1. The Kier molecular flexibility index (Phi) is 36.4. The summed E-state index contributed by atoms with van der Waals surface area (Å²) < 4.78 is 16.5. The van der Waals surface area contributed by atoms with Gasteiger partial charge in [0, 0.05) is 19.3 Å². The predicted molar refractivity (Wildman–Crippen MR) is 206 cm³/mol. The Hall–Kier alpha value is -1.59. The van der Waals surface area contributed by atoms with Gasteiger partial charge in [0.1, 0.15) is 13.2 Å². The topological polar surface area (TPSA) is 78.9 Å². The average molecular weight is 695 g/mol. The van der Waals surface area contributed by atoms with E-state index >= 15 is 0 Å². The quantitative estimate of drug-likeness (QED) is 0.0364. The predicted octanol–water partition coefficient (Wildman–Crippen LogP) is 13.2. The highest BCUT2D eigenvalue weighted by atomic mass is 16.6. The van der Waals surface area contributed by atoms with Gasteiger partial charge in [-0.3, -0.25) is 14.4 Å². The summed E-state index contributed by atoms with van der Waals surface area (Å²) in [5, 5.41) is 0. The zero-order valence-electron chi connectivity index (χ0n) is 33.1. The van der Waals surface area contributed by atoms with Crippen LogP contribution in [-0.2, 0) is 28.6 Å². The van der Waals surface area contributed by atoms with Gasteiger partial charge in [-0.2, -0.15) is 0 Å². The van der Waals surface area contributed by atoms with Crippen LogP contribution in [0, 0.1) is 5.92 Å². The third kappa shape index (κ3) is 37.5. The Morgan fingerprint density at radius 1 is 0.388 bits per heavy atom. The summed E-state index contributed by atoms with van der Waals surface area (Å²) >= 11 is 0. The molecule has 0 aliphatic rings. The van der Waals surface area contributed by atoms with Gasteiger partial charge < -0.3 is 14.2 Å². The van der Waals surface area contributed by atoms with E-state index in [0.717, 1.165) is 70.1 Å². The molecule has 0 spiro atoms. The molecular weight excluding hydrogens is 612 g/mol. The molecule has 6 heteroatoms. The van der Waals surface area contributed by atoms with Gasteiger partial charge >= 0.3 is 17.9 Å². The maximum absolute atomic E-state index is 12.5. The monoisotopic (exact) mass is 695 g/mol. The second kappa shape index (κ2) is 37.7. The van der Waals surface area contributed by atoms with Crippen molar-refractivity contribution in [3.63, 3.8) is 0 Å². The first-order chi connectivity index (χ1) is 23.9. The standard InChI is InChI=1S/C43H82O6/c1-5-7-9-11-12-13-20-23-27-30-34-41(44)47-37-40(49-43(46)36-32-25-10-8-6-2)38-48-42(45)35-31-28-24-21-18-16-14-15-17-19-22-26-29-33-39(3)4/h39-40H,5-38H2,1-4H3/t40-/m1/s1. The molecule has 0 aromatic carbocycles. The summed E-state index contributed by atoms with van der Waals surface area (Å²) in [6.07, 6.45) is 35.5. The number of carbonyl (C=O) groups excluding carboxylic acids is 3. The van der Waals surface area contributed by atoms with Gasteiger partial charge in [-0.15, -0.1) is 0 Å². The van der Waals surface area contributed by atoms with Crippen LogP contribution in [0.5, 0.6) is 0 Å². The Morgan fingerprint density at radius 3 is 1.00 bits per heavy atom. The highest BCUT2D eigenvalue weighted by molar-refractivity contribution is 5.71. The fourth-order valence-corrected chi connectivity index (χ4v) is 6.27. The average Bonchev–Trinajstić information content (AvgIpc) is 3.08. The van der Waals surface area contributed by atoms with Crippen molar-refractivity contribution in [3.8, 4) is 0 Å². The number of carbonyl (C=O) groups is 3. The first kappa shape index (κ1) is 47.4. The van der Waals surface area contributed by atoms with Crippen LogP contribution in [0.4, 0.5) is 0 Å². The molecule has 0 unspecified atom stereocenters. The van der Waals surface area contributed by atoms with Crippen molar-refractivity contribution >= 4 is 17.9 Å². The van der Waals surface area contributed by atoms with Gasteiger partial charge in [0.05, 0.1) is 0 Å². The molecular formula is C43H82O6. The summed E-state index contributed by atoms with van der Waals surface area (Å²) in [4.78, 5) is 37.3. The van der Waals surface area contributed by atoms with E-state index in [1.54, 1.807) is 0 Å². The van der Waals surface area contributed by atoms with E-state index in [1.165, 1.54) is 122 Å². The smallest absolute Gasteiger partial charge is 0.306 e. The van der Waals surface area contributed by atoms with Crippen LogP contribution < -0.4 is 0 Å². The maximum atomic E-state index is 12.5. The molecule has 1 atom stereocenters. The lowest BCUT2D eigenvalue weighted by Crippen LogP contribution is -2.30. The molecule has 6 nitrogen and oxygen atoms in total. The lowest BCUT2D eigenvalue weighted by Gasteiger charge is -2.18. The van der Waals surface area contributed by atoms with Crippen molar-refractivity contribution < 1.29 is 28.6 Å². The summed E-state index contributed by atoms with van der Waals surface area (Å²) in [5.74, 6) is -0.0341. The number of ether oxygens (including phenoxy) is 3. The molecule has 0 saturated heterocycles. The molecule has 0 aliphatic heterocycles. The highest BCUT2D eigenvalue weighted by Crippen LogP contribution is 2.16. The summed E-state index contributed by atoms with van der Waals surface area (Å²) in [6.45, 7) is 8.90. The van der Waals surface area contributed by atoms with Gasteiger partial charge in [-0.1, -0.05) is 195 Å². The van der Waals surface area contributed by atoms with Crippen molar-refractivity contribution in [2.45, 2.75) is 239 Å². The van der Waals surface area contributed by atoms with Crippen LogP contribution in [-0.4, -0.2) is 37.2 Å². The molecule has 0 bridgehead atoms. The molecule has 0 aromatic rings. The van der Waals surface area contributed by atoms with Crippen LogP contribution in [0.1, 0.15) is 233 Å². The molecule has 0 radical (unpaired) electrons. The fourth-order valence-electron chi connectivity index (χ4n) is 6.27. The van der Waals surface area contributed by atoms with Gasteiger partial charge in [-0.25, -0.2) is 0 Å². The molecule has 0 saturated carbocycles. The molecule has 0 heterocycles. The Balaban J connectivity index is 4.13. The zero-order chi connectivity index (χ0) is 36.0.